The zero-order chi connectivity index (χ0) is 12.3. The van der Waals surface area contributed by atoms with Crippen LogP contribution in [0.4, 0.5) is 4.79 Å². The third kappa shape index (κ3) is 3.41. The Labute approximate surface area is 92.0 Å². The smallest absolute Gasteiger partial charge is 0.326 e. The van der Waals surface area contributed by atoms with Gasteiger partial charge in [0.1, 0.15) is 6.04 Å². The number of hydrogen-bond acceptors (Lipinski definition) is 3. The summed E-state index contributed by atoms with van der Waals surface area (Å²) >= 11 is 0. The van der Waals surface area contributed by atoms with E-state index in [9.17, 15) is 14.4 Å². The first-order valence-corrected chi connectivity index (χ1v) is 4.89. The normalized spacial score (nSPS) is 16.3. The molecule has 1 atom stereocenters. The van der Waals surface area contributed by atoms with Gasteiger partial charge in [0, 0.05) is 13.1 Å². The minimum atomic E-state index is -1.38. The van der Waals surface area contributed by atoms with Crippen molar-refractivity contribution >= 4 is 18.0 Å². The van der Waals surface area contributed by atoms with Crippen molar-refractivity contribution in [2.24, 2.45) is 0 Å². The fraction of sp³-hybridized carbons (Fsp3) is 0.667. The van der Waals surface area contributed by atoms with Gasteiger partial charge in [0.15, 0.2) is 0 Å². The number of rotatable bonds is 5. The lowest BCUT2D eigenvalue weighted by atomic mass is 10.2. The minimum Gasteiger partial charge on any atom is -0.481 e. The Bertz CT molecular complexity index is 313. The SMILES string of the molecule is CN(C(=O)N[C@@H](CC(=O)O)C(=O)O)C1CC1. The summed E-state index contributed by atoms with van der Waals surface area (Å²) in [6, 6.07) is -1.78. The van der Waals surface area contributed by atoms with Gasteiger partial charge in [-0.1, -0.05) is 0 Å². The van der Waals surface area contributed by atoms with Gasteiger partial charge in [0.2, 0.25) is 0 Å². The minimum absolute atomic E-state index is 0.152. The second-order valence-corrected chi connectivity index (χ2v) is 3.78. The van der Waals surface area contributed by atoms with Crippen molar-refractivity contribution in [2.45, 2.75) is 31.3 Å². The fourth-order valence-corrected chi connectivity index (χ4v) is 1.25. The Morgan fingerprint density at radius 2 is 1.94 bits per heavy atom. The molecule has 0 radical (unpaired) electrons. The highest BCUT2D eigenvalue weighted by Gasteiger charge is 2.32. The molecule has 0 aliphatic heterocycles. The number of carbonyl (C=O) groups excluding carboxylic acids is 1. The molecule has 90 valence electrons. The largest absolute Gasteiger partial charge is 0.481 e. The molecule has 0 unspecified atom stereocenters. The monoisotopic (exact) mass is 230 g/mol. The van der Waals surface area contributed by atoms with Gasteiger partial charge in [0.05, 0.1) is 6.42 Å². The number of hydrogen-bond donors (Lipinski definition) is 3. The van der Waals surface area contributed by atoms with Crippen molar-refractivity contribution in [1.29, 1.82) is 0 Å². The lowest BCUT2D eigenvalue weighted by Crippen LogP contribution is -2.48. The van der Waals surface area contributed by atoms with Crippen LogP contribution in [0, 0.1) is 0 Å². The number of nitrogens with one attached hydrogen (secondary N) is 1. The van der Waals surface area contributed by atoms with Gasteiger partial charge in [-0.25, -0.2) is 9.59 Å². The molecule has 0 aromatic rings. The molecule has 1 saturated carbocycles. The van der Waals surface area contributed by atoms with E-state index in [4.69, 9.17) is 10.2 Å². The quantitative estimate of drug-likeness (QED) is 0.602. The first-order valence-electron chi connectivity index (χ1n) is 4.89. The van der Waals surface area contributed by atoms with Crippen LogP contribution in [-0.4, -0.2) is 52.2 Å². The molecule has 7 nitrogen and oxygen atoms in total. The molecular formula is C9H14N2O5. The molecule has 16 heavy (non-hydrogen) atoms. The van der Waals surface area contributed by atoms with Gasteiger partial charge in [0.25, 0.3) is 0 Å². The molecule has 0 aromatic heterocycles. The number of urea groups is 1. The summed E-state index contributed by atoms with van der Waals surface area (Å²) < 4.78 is 0. The molecule has 0 heterocycles. The average molecular weight is 230 g/mol. The number of carboxylic acid groups (broad SMARTS) is 2. The number of nitrogens with zero attached hydrogens (tertiary/aromatic N) is 1. The van der Waals surface area contributed by atoms with Crippen molar-refractivity contribution in [3.8, 4) is 0 Å². The molecule has 0 aromatic carbocycles. The molecule has 3 N–H and O–H groups in total. The molecule has 0 spiro atoms. The van der Waals surface area contributed by atoms with E-state index in [1.54, 1.807) is 7.05 Å². The van der Waals surface area contributed by atoms with Crippen molar-refractivity contribution in [3.63, 3.8) is 0 Å². The lowest BCUT2D eigenvalue weighted by molar-refractivity contribution is -0.145. The molecule has 1 aliphatic carbocycles. The van der Waals surface area contributed by atoms with Gasteiger partial charge in [-0.3, -0.25) is 4.79 Å². The highest BCUT2D eigenvalue weighted by atomic mass is 16.4. The van der Waals surface area contributed by atoms with Gasteiger partial charge in [-0.15, -0.1) is 0 Å². The van der Waals surface area contributed by atoms with Crippen LogP contribution in [0.3, 0.4) is 0 Å². The van der Waals surface area contributed by atoms with Crippen LogP contribution in [0.25, 0.3) is 0 Å². The number of carboxylic acids is 2. The Hall–Kier alpha value is -1.79. The molecule has 2 amide bonds. The third-order valence-corrected chi connectivity index (χ3v) is 2.39. The Morgan fingerprint density at radius 1 is 1.38 bits per heavy atom. The average Bonchev–Trinajstić information content (AvgIpc) is 2.97. The summed E-state index contributed by atoms with van der Waals surface area (Å²) in [5, 5.41) is 19.4. The van der Waals surface area contributed by atoms with Crippen molar-refractivity contribution in [3.05, 3.63) is 0 Å². The van der Waals surface area contributed by atoms with Crippen LogP contribution in [0.2, 0.25) is 0 Å². The molecule has 0 bridgehead atoms. The molecule has 7 heteroatoms. The Balaban J connectivity index is 2.49. The van der Waals surface area contributed by atoms with E-state index >= 15 is 0 Å². The first kappa shape index (κ1) is 12.3. The summed E-state index contributed by atoms with van der Waals surface area (Å²) in [4.78, 5) is 33.9. The molecule has 0 saturated heterocycles. The predicted octanol–water partition coefficient (Wildman–Crippen LogP) is -0.282. The molecule has 1 rings (SSSR count). The van der Waals surface area contributed by atoms with Crippen LogP contribution in [-0.2, 0) is 9.59 Å². The topological polar surface area (TPSA) is 107 Å². The van der Waals surface area contributed by atoms with Crippen molar-refractivity contribution in [2.75, 3.05) is 7.05 Å². The van der Waals surface area contributed by atoms with Crippen LogP contribution in [0.15, 0.2) is 0 Å². The van der Waals surface area contributed by atoms with Gasteiger partial charge in [-0.05, 0) is 12.8 Å². The van der Waals surface area contributed by atoms with Crippen molar-refractivity contribution < 1.29 is 24.6 Å². The highest BCUT2D eigenvalue weighted by Crippen LogP contribution is 2.25. The van der Waals surface area contributed by atoms with Gasteiger partial charge >= 0.3 is 18.0 Å². The third-order valence-electron chi connectivity index (χ3n) is 2.39. The van der Waals surface area contributed by atoms with E-state index in [2.05, 4.69) is 5.32 Å². The summed E-state index contributed by atoms with van der Waals surface area (Å²) in [6.45, 7) is 0. The van der Waals surface area contributed by atoms with Crippen LogP contribution < -0.4 is 5.32 Å². The summed E-state index contributed by atoms with van der Waals surface area (Å²) in [5.41, 5.74) is 0. The number of amides is 2. The second-order valence-electron chi connectivity index (χ2n) is 3.78. The predicted molar refractivity (Wildman–Crippen MR) is 53.0 cm³/mol. The zero-order valence-electron chi connectivity index (χ0n) is 8.84. The standard InChI is InChI=1S/C9H14N2O5/c1-11(5-2-3-5)9(16)10-6(8(14)15)4-7(12)13/h5-6H,2-4H2,1H3,(H,10,16)(H,12,13)(H,14,15)/t6-/m0/s1. The van der Waals surface area contributed by atoms with Gasteiger partial charge in [-0.2, -0.15) is 0 Å². The second kappa shape index (κ2) is 4.82. The van der Waals surface area contributed by atoms with Crippen molar-refractivity contribution in [1.82, 2.24) is 10.2 Å². The van der Waals surface area contributed by atoms with Crippen LogP contribution >= 0.6 is 0 Å². The summed E-state index contributed by atoms with van der Waals surface area (Å²) in [7, 11) is 1.56. The van der Waals surface area contributed by atoms with E-state index in [0.29, 0.717) is 0 Å². The van der Waals surface area contributed by atoms with E-state index in [1.807, 2.05) is 0 Å². The van der Waals surface area contributed by atoms with Crippen LogP contribution in [0.1, 0.15) is 19.3 Å². The molecule has 1 fully saturated rings. The number of aliphatic carboxylic acids is 2. The van der Waals surface area contributed by atoms with E-state index in [1.165, 1.54) is 4.90 Å². The maximum atomic E-state index is 11.5. The Morgan fingerprint density at radius 3 is 2.31 bits per heavy atom. The maximum Gasteiger partial charge on any atom is 0.326 e. The van der Waals surface area contributed by atoms with Crippen LogP contribution in [0.5, 0.6) is 0 Å². The molecular weight excluding hydrogens is 216 g/mol. The number of carbonyl (C=O) groups is 3. The summed E-state index contributed by atoms with van der Waals surface area (Å²) in [5.74, 6) is -2.61. The van der Waals surface area contributed by atoms with E-state index in [0.717, 1.165) is 12.8 Å². The first-order chi connectivity index (χ1) is 7.41. The van der Waals surface area contributed by atoms with E-state index < -0.39 is 30.4 Å². The zero-order valence-corrected chi connectivity index (χ0v) is 8.84. The highest BCUT2D eigenvalue weighted by molar-refractivity contribution is 5.86. The fourth-order valence-electron chi connectivity index (χ4n) is 1.25. The van der Waals surface area contributed by atoms with Gasteiger partial charge < -0.3 is 20.4 Å². The lowest BCUT2D eigenvalue weighted by Gasteiger charge is -2.20. The van der Waals surface area contributed by atoms with E-state index in [-0.39, 0.29) is 6.04 Å². The Kier molecular flexibility index (Phi) is 3.70. The maximum absolute atomic E-state index is 11.5. The summed E-state index contributed by atoms with van der Waals surface area (Å²) in [6.07, 6.45) is 1.18. The molecule has 1 aliphatic rings.